The van der Waals surface area contributed by atoms with Gasteiger partial charge in [0, 0.05) is 6.54 Å². The normalized spacial score (nSPS) is 17.7. The number of fused-ring (bicyclic) bond motifs is 1. The smallest absolute Gasteiger partial charge is 0.183 e. The van der Waals surface area contributed by atoms with Gasteiger partial charge in [-0.1, -0.05) is 30.4 Å². The van der Waals surface area contributed by atoms with E-state index in [1.54, 1.807) is 11.3 Å². The molecule has 0 saturated carbocycles. The molecule has 0 radical (unpaired) electrons. The van der Waals surface area contributed by atoms with Crippen molar-refractivity contribution in [3.05, 3.63) is 23.8 Å². The maximum Gasteiger partial charge on any atom is 0.183 e. The summed E-state index contributed by atoms with van der Waals surface area (Å²) in [6, 6.07) is 6.40. The van der Waals surface area contributed by atoms with Gasteiger partial charge in [-0.3, -0.25) is 0 Å². The van der Waals surface area contributed by atoms with Gasteiger partial charge in [-0.05, 0) is 56.9 Å². The molecule has 2 heterocycles. The zero-order valence-electron chi connectivity index (χ0n) is 12.4. The number of likely N-dealkylation sites (tertiary alicyclic amines) is 1. The fourth-order valence-corrected chi connectivity index (χ4v) is 3.85. The summed E-state index contributed by atoms with van der Waals surface area (Å²) >= 11 is 1.77. The predicted octanol–water partition coefficient (Wildman–Crippen LogP) is 3.75. The molecule has 108 valence electrons. The number of thiazole rings is 1. The van der Waals surface area contributed by atoms with Gasteiger partial charge in [-0.2, -0.15) is 0 Å². The molecule has 1 aromatic carbocycles. The fourth-order valence-electron chi connectivity index (χ4n) is 2.90. The molecule has 1 aliphatic heterocycles. The number of hydrogen-bond donors (Lipinski definition) is 1. The maximum atomic E-state index is 4.72. The van der Waals surface area contributed by atoms with Gasteiger partial charge in [-0.15, -0.1) is 0 Å². The molecule has 0 amide bonds. The van der Waals surface area contributed by atoms with Crippen molar-refractivity contribution in [3.63, 3.8) is 0 Å². The molecule has 20 heavy (non-hydrogen) atoms. The first kappa shape index (κ1) is 13.8. The molecule has 3 rings (SSSR count). The van der Waals surface area contributed by atoms with E-state index in [4.69, 9.17) is 4.98 Å². The monoisotopic (exact) mass is 289 g/mol. The molecule has 2 aromatic rings. The van der Waals surface area contributed by atoms with Crippen molar-refractivity contribution < 1.29 is 0 Å². The number of aryl methyl sites for hydroxylation is 1. The molecule has 1 aliphatic rings. The van der Waals surface area contributed by atoms with Crippen LogP contribution in [0.15, 0.2) is 18.2 Å². The van der Waals surface area contributed by atoms with E-state index in [2.05, 4.69) is 42.3 Å². The van der Waals surface area contributed by atoms with Crippen LogP contribution in [0.2, 0.25) is 0 Å². The minimum atomic E-state index is 0.797. The molecule has 0 atom stereocenters. The van der Waals surface area contributed by atoms with Crippen molar-refractivity contribution in [2.75, 3.05) is 31.5 Å². The zero-order chi connectivity index (χ0) is 13.9. The molecule has 0 unspecified atom stereocenters. The standard InChI is InChI=1S/C16H23N3S/c1-3-19-9-7-13(8-10-19)11-17-16-18-15-12(2)5-4-6-14(15)20-16/h4-6,13H,3,7-11H2,1-2H3,(H,17,18). The molecular weight excluding hydrogens is 266 g/mol. The highest BCUT2D eigenvalue weighted by Gasteiger charge is 2.18. The van der Waals surface area contributed by atoms with Gasteiger partial charge in [-0.25, -0.2) is 4.98 Å². The lowest BCUT2D eigenvalue weighted by molar-refractivity contribution is 0.198. The summed E-state index contributed by atoms with van der Waals surface area (Å²) in [4.78, 5) is 7.26. The van der Waals surface area contributed by atoms with Gasteiger partial charge in [0.1, 0.15) is 0 Å². The molecule has 1 N–H and O–H groups in total. The SMILES string of the molecule is CCN1CCC(CNc2nc3c(C)cccc3s2)CC1. The lowest BCUT2D eigenvalue weighted by Gasteiger charge is -2.30. The Labute approximate surface area is 125 Å². The van der Waals surface area contributed by atoms with Crippen LogP contribution < -0.4 is 5.32 Å². The maximum absolute atomic E-state index is 4.72. The Hall–Kier alpha value is -1.13. The van der Waals surface area contributed by atoms with Crippen molar-refractivity contribution in [1.82, 2.24) is 9.88 Å². The van der Waals surface area contributed by atoms with Crippen molar-refractivity contribution in [2.45, 2.75) is 26.7 Å². The van der Waals surface area contributed by atoms with Crippen molar-refractivity contribution >= 4 is 26.7 Å². The van der Waals surface area contributed by atoms with E-state index in [0.29, 0.717) is 0 Å². The first-order valence-corrected chi connectivity index (χ1v) is 8.40. The lowest BCUT2D eigenvalue weighted by Crippen LogP contribution is -2.35. The van der Waals surface area contributed by atoms with Gasteiger partial charge in [0.2, 0.25) is 0 Å². The van der Waals surface area contributed by atoms with Crippen molar-refractivity contribution in [2.24, 2.45) is 5.92 Å². The molecule has 0 bridgehead atoms. The van der Waals surface area contributed by atoms with E-state index >= 15 is 0 Å². The largest absolute Gasteiger partial charge is 0.361 e. The number of rotatable bonds is 4. The fraction of sp³-hybridized carbons (Fsp3) is 0.562. The van der Waals surface area contributed by atoms with E-state index < -0.39 is 0 Å². The highest BCUT2D eigenvalue weighted by atomic mass is 32.1. The van der Waals surface area contributed by atoms with Crippen LogP contribution in [0.4, 0.5) is 5.13 Å². The van der Waals surface area contributed by atoms with Crippen LogP contribution in [0.5, 0.6) is 0 Å². The van der Waals surface area contributed by atoms with Gasteiger partial charge in [0.05, 0.1) is 10.2 Å². The molecule has 1 aromatic heterocycles. The van der Waals surface area contributed by atoms with E-state index in [0.717, 1.165) is 23.1 Å². The molecule has 1 saturated heterocycles. The second kappa shape index (κ2) is 6.10. The van der Waals surface area contributed by atoms with E-state index in [9.17, 15) is 0 Å². The van der Waals surface area contributed by atoms with Crippen LogP contribution in [0.1, 0.15) is 25.3 Å². The Bertz CT molecular complexity index is 570. The third kappa shape index (κ3) is 2.96. The number of nitrogens with zero attached hydrogens (tertiary/aromatic N) is 2. The topological polar surface area (TPSA) is 28.2 Å². The van der Waals surface area contributed by atoms with Crippen molar-refractivity contribution in [1.29, 1.82) is 0 Å². The zero-order valence-corrected chi connectivity index (χ0v) is 13.2. The minimum Gasteiger partial charge on any atom is -0.361 e. The first-order chi connectivity index (χ1) is 9.76. The number of aromatic nitrogens is 1. The number of nitrogens with one attached hydrogen (secondary N) is 1. The van der Waals surface area contributed by atoms with Crippen LogP contribution in [-0.4, -0.2) is 36.1 Å². The second-order valence-electron chi connectivity index (χ2n) is 5.70. The van der Waals surface area contributed by atoms with Gasteiger partial charge < -0.3 is 10.2 Å². The van der Waals surface area contributed by atoms with Crippen LogP contribution >= 0.6 is 11.3 Å². The summed E-state index contributed by atoms with van der Waals surface area (Å²) in [5.74, 6) is 0.797. The quantitative estimate of drug-likeness (QED) is 0.929. The Balaban J connectivity index is 1.59. The Morgan fingerprint density at radius 3 is 2.85 bits per heavy atom. The summed E-state index contributed by atoms with van der Waals surface area (Å²) in [6.07, 6.45) is 2.62. The highest BCUT2D eigenvalue weighted by Crippen LogP contribution is 2.28. The summed E-state index contributed by atoms with van der Waals surface area (Å²) < 4.78 is 1.29. The van der Waals surface area contributed by atoms with Crippen molar-refractivity contribution in [3.8, 4) is 0 Å². The molecular formula is C16H23N3S. The summed E-state index contributed by atoms with van der Waals surface area (Å²) in [6.45, 7) is 9.14. The van der Waals surface area contributed by atoms with Gasteiger partial charge in [0.25, 0.3) is 0 Å². The van der Waals surface area contributed by atoms with E-state index in [1.165, 1.54) is 42.7 Å². The van der Waals surface area contributed by atoms with Crippen LogP contribution in [-0.2, 0) is 0 Å². The van der Waals surface area contributed by atoms with Crippen LogP contribution in [0, 0.1) is 12.8 Å². The molecule has 4 heteroatoms. The Kier molecular flexibility index (Phi) is 4.22. The molecule has 1 fully saturated rings. The number of anilines is 1. The average molecular weight is 289 g/mol. The summed E-state index contributed by atoms with van der Waals surface area (Å²) in [5.41, 5.74) is 2.42. The average Bonchev–Trinajstić information content (AvgIpc) is 2.90. The lowest BCUT2D eigenvalue weighted by atomic mass is 9.97. The summed E-state index contributed by atoms with van der Waals surface area (Å²) in [5, 5.41) is 4.63. The van der Waals surface area contributed by atoms with Gasteiger partial charge in [0.15, 0.2) is 5.13 Å². The first-order valence-electron chi connectivity index (χ1n) is 7.58. The number of para-hydroxylation sites is 1. The minimum absolute atomic E-state index is 0.797. The predicted molar refractivity (Wildman–Crippen MR) is 87.7 cm³/mol. The number of benzene rings is 1. The van der Waals surface area contributed by atoms with Gasteiger partial charge >= 0.3 is 0 Å². The highest BCUT2D eigenvalue weighted by molar-refractivity contribution is 7.22. The Morgan fingerprint density at radius 2 is 2.15 bits per heavy atom. The summed E-state index contributed by atoms with van der Waals surface area (Å²) in [7, 11) is 0. The number of piperidine rings is 1. The third-order valence-electron chi connectivity index (χ3n) is 4.32. The third-order valence-corrected chi connectivity index (χ3v) is 5.30. The molecule has 3 nitrogen and oxygen atoms in total. The Morgan fingerprint density at radius 1 is 1.35 bits per heavy atom. The van der Waals surface area contributed by atoms with Crippen LogP contribution in [0.25, 0.3) is 10.2 Å². The second-order valence-corrected chi connectivity index (χ2v) is 6.73. The number of hydrogen-bond acceptors (Lipinski definition) is 4. The van der Waals surface area contributed by atoms with Crippen LogP contribution in [0.3, 0.4) is 0 Å². The molecule has 0 spiro atoms. The van der Waals surface area contributed by atoms with E-state index in [-0.39, 0.29) is 0 Å². The molecule has 0 aliphatic carbocycles. The van der Waals surface area contributed by atoms with E-state index in [1.807, 2.05) is 0 Å².